The third-order valence-electron chi connectivity index (χ3n) is 4.70. The molecule has 0 aromatic heterocycles. The van der Waals surface area contributed by atoms with Crippen LogP contribution in [0, 0.1) is 11.7 Å². The van der Waals surface area contributed by atoms with Crippen LogP contribution in [0.2, 0.25) is 0 Å². The molecule has 0 bridgehead atoms. The Morgan fingerprint density at radius 2 is 1.83 bits per heavy atom. The van der Waals surface area contributed by atoms with Crippen molar-refractivity contribution in [1.82, 2.24) is 15.5 Å². The van der Waals surface area contributed by atoms with Gasteiger partial charge in [-0.2, -0.15) is 0 Å². The van der Waals surface area contributed by atoms with Crippen LogP contribution in [0.25, 0.3) is 0 Å². The molecule has 0 amide bonds. The average molecular weight is 439 g/mol. The van der Waals surface area contributed by atoms with E-state index in [2.05, 4.69) is 47.5 Å². The molecule has 0 aliphatic heterocycles. The van der Waals surface area contributed by atoms with Gasteiger partial charge in [0.1, 0.15) is 5.82 Å². The highest BCUT2D eigenvalue weighted by Gasteiger charge is 2.20. The largest absolute Gasteiger partial charge is 0.355 e. The molecular formula is C22H35FN4O2S. The number of aliphatic imine (C=N–C) groups is 1. The van der Waals surface area contributed by atoms with Crippen LogP contribution in [0.15, 0.2) is 48.5 Å². The monoisotopic (exact) mass is 438 g/mol. The van der Waals surface area contributed by atoms with Gasteiger partial charge in [0, 0.05) is 45.5 Å². The Kier molecular flexibility index (Phi) is 10.8. The Morgan fingerprint density at radius 3 is 2.33 bits per heavy atom. The average Bonchev–Trinajstić information content (AvgIpc) is 2.65. The lowest BCUT2D eigenvalue weighted by Gasteiger charge is -2.33. The summed E-state index contributed by atoms with van der Waals surface area (Å²) in [6.07, 6.45) is 4.91. The number of hydrogen-bond donors (Lipinski definition) is 2. The van der Waals surface area contributed by atoms with Gasteiger partial charge < -0.3 is 10.6 Å². The number of guanidine groups is 1. The predicted molar refractivity (Wildman–Crippen MR) is 124 cm³/mol. The van der Waals surface area contributed by atoms with Gasteiger partial charge in [0.2, 0.25) is 0 Å². The zero-order chi connectivity index (χ0) is 22.7. The Labute approximate surface area is 180 Å². The molecule has 2 N–H and O–H groups in total. The summed E-state index contributed by atoms with van der Waals surface area (Å²) < 4.78 is 37.1. The molecule has 1 aromatic rings. The molecule has 0 saturated heterocycles. The van der Waals surface area contributed by atoms with Crippen molar-refractivity contribution in [2.24, 2.45) is 10.9 Å². The number of sulfone groups is 1. The van der Waals surface area contributed by atoms with Gasteiger partial charge in [0.15, 0.2) is 15.8 Å². The highest BCUT2D eigenvalue weighted by molar-refractivity contribution is 7.89. The number of nitrogens with one attached hydrogen (secondary N) is 2. The minimum atomic E-state index is -3.23. The lowest BCUT2D eigenvalue weighted by molar-refractivity contribution is 0.190. The molecule has 1 aromatic carbocycles. The third kappa shape index (κ3) is 9.09. The van der Waals surface area contributed by atoms with Crippen molar-refractivity contribution in [2.75, 3.05) is 32.9 Å². The predicted octanol–water partition coefficient (Wildman–Crippen LogP) is 2.73. The van der Waals surface area contributed by atoms with Crippen LogP contribution < -0.4 is 10.6 Å². The lowest BCUT2D eigenvalue weighted by Crippen LogP contribution is -2.49. The highest BCUT2D eigenvalue weighted by atomic mass is 32.2. The molecule has 1 unspecified atom stereocenters. The summed E-state index contributed by atoms with van der Waals surface area (Å²) >= 11 is 0. The molecule has 1 atom stereocenters. The van der Waals surface area contributed by atoms with E-state index >= 15 is 0 Å². The maximum absolute atomic E-state index is 13.7. The van der Waals surface area contributed by atoms with E-state index in [1.54, 1.807) is 7.05 Å². The zero-order valence-electron chi connectivity index (χ0n) is 18.5. The Morgan fingerprint density at radius 1 is 1.20 bits per heavy atom. The summed E-state index contributed by atoms with van der Waals surface area (Å²) in [6.45, 7) is 14.4. The van der Waals surface area contributed by atoms with E-state index in [9.17, 15) is 12.8 Å². The number of halogens is 1. The molecule has 6 nitrogen and oxygen atoms in total. The quantitative estimate of drug-likeness (QED) is 0.298. The molecule has 30 heavy (non-hydrogen) atoms. The van der Waals surface area contributed by atoms with Crippen molar-refractivity contribution in [3.8, 4) is 0 Å². The number of benzene rings is 1. The van der Waals surface area contributed by atoms with Gasteiger partial charge in [-0.15, -0.1) is 13.2 Å². The maximum Gasteiger partial charge on any atom is 0.191 e. The van der Waals surface area contributed by atoms with Crippen molar-refractivity contribution in [3.05, 3.63) is 60.5 Å². The number of hydrogen-bond acceptors (Lipinski definition) is 4. The molecule has 8 heteroatoms. The van der Waals surface area contributed by atoms with Crippen molar-refractivity contribution in [3.63, 3.8) is 0 Å². The highest BCUT2D eigenvalue weighted by Crippen LogP contribution is 2.15. The summed E-state index contributed by atoms with van der Waals surface area (Å²) in [5.41, 5.74) is 1.16. The third-order valence-corrected chi connectivity index (χ3v) is 5.54. The first-order valence-corrected chi connectivity index (χ1v) is 12.0. The molecular weight excluding hydrogens is 403 g/mol. The summed E-state index contributed by atoms with van der Waals surface area (Å²) in [5.74, 6) is 0.410. The van der Waals surface area contributed by atoms with E-state index in [0.717, 1.165) is 13.1 Å². The first kappa shape index (κ1) is 25.8. The maximum atomic E-state index is 13.7. The van der Waals surface area contributed by atoms with E-state index in [4.69, 9.17) is 0 Å². The van der Waals surface area contributed by atoms with E-state index in [0.29, 0.717) is 29.5 Å². The molecule has 1 rings (SSSR count). The van der Waals surface area contributed by atoms with Gasteiger partial charge in [-0.05, 0) is 29.2 Å². The van der Waals surface area contributed by atoms with E-state index in [-0.39, 0.29) is 18.3 Å². The van der Waals surface area contributed by atoms with Crippen molar-refractivity contribution in [1.29, 1.82) is 0 Å². The van der Waals surface area contributed by atoms with Crippen molar-refractivity contribution in [2.45, 2.75) is 32.2 Å². The molecule has 0 saturated carbocycles. The van der Waals surface area contributed by atoms with Gasteiger partial charge in [-0.1, -0.05) is 32.1 Å². The van der Waals surface area contributed by atoms with Crippen LogP contribution in [0.4, 0.5) is 4.39 Å². The molecule has 0 aliphatic carbocycles. The summed E-state index contributed by atoms with van der Waals surface area (Å²) in [5, 5.41) is 6.47. The fraction of sp³-hybridized carbons (Fsp3) is 0.500. The van der Waals surface area contributed by atoms with E-state index < -0.39 is 15.7 Å². The Bertz CT molecular complexity index is 828. The molecule has 0 spiro atoms. The SMILES string of the molecule is C=CCN(CC=C)C(CNC(=NC)NCc1cc(F)ccc1CS(C)(=O)=O)C(C)C. The van der Waals surface area contributed by atoms with E-state index in [1.807, 2.05) is 12.2 Å². The van der Waals surface area contributed by atoms with Gasteiger partial charge in [-0.3, -0.25) is 9.89 Å². The second kappa shape index (κ2) is 12.5. The van der Waals surface area contributed by atoms with E-state index in [1.165, 1.54) is 24.5 Å². The van der Waals surface area contributed by atoms with Crippen LogP contribution in [0.3, 0.4) is 0 Å². The molecule has 0 aliphatic rings. The fourth-order valence-electron chi connectivity index (χ4n) is 3.25. The number of nitrogens with zero attached hydrogens (tertiary/aromatic N) is 2. The molecule has 0 fully saturated rings. The first-order chi connectivity index (χ1) is 14.1. The summed E-state index contributed by atoms with van der Waals surface area (Å²) in [4.78, 5) is 6.52. The minimum absolute atomic E-state index is 0.135. The van der Waals surface area contributed by atoms with Crippen molar-refractivity contribution >= 4 is 15.8 Å². The normalized spacial score (nSPS) is 13.4. The smallest absolute Gasteiger partial charge is 0.191 e. The Balaban J connectivity index is 2.85. The standard InChI is InChI=1S/C22H35FN4O2S/c1-7-11-27(12-8-2)21(17(3)4)15-26-22(24-5)25-14-19-13-20(23)10-9-18(19)16-30(6,28)29/h7-10,13,17,21H,1-2,11-12,14-16H2,3-6H3,(H2,24,25,26). The van der Waals surface area contributed by atoms with Crippen LogP contribution >= 0.6 is 0 Å². The molecule has 0 radical (unpaired) electrons. The van der Waals surface area contributed by atoms with Crippen molar-refractivity contribution < 1.29 is 12.8 Å². The van der Waals surface area contributed by atoms with Crippen LogP contribution in [0.1, 0.15) is 25.0 Å². The van der Waals surface area contributed by atoms with Gasteiger partial charge >= 0.3 is 0 Å². The second-order valence-corrected chi connectivity index (χ2v) is 9.77. The van der Waals surface area contributed by atoms with Gasteiger partial charge in [0.05, 0.1) is 5.75 Å². The van der Waals surface area contributed by atoms with Gasteiger partial charge in [0.25, 0.3) is 0 Å². The Hall–Kier alpha value is -2.19. The summed E-state index contributed by atoms with van der Waals surface area (Å²) in [6, 6.07) is 4.38. The minimum Gasteiger partial charge on any atom is -0.355 e. The lowest BCUT2D eigenvalue weighted by atomic mass is 10.0. The fourth-order valence-corrected chi connectivity index (χ4v) is 4.09. The summed E-state index contributed by atoms with van der Waals surface area (Å²) in [7, 11) is -1.57. The second-order valence-electron chi connectivity index (χ2n) is 7.63. The van der Waals surface area contributed by atoms with Gasteiger partial charge in [-0.25, -0.2) is 12.8 Å². The van der Waals surface area contributed by atoms with Crippen LogP contribution in [-0.2, 0) is 22.1 Å². The first-order valence-electron chi connectivity index (χ1n) is 9.96. The zero-order valence-corrected chi connectivity index (χ0v) is 19.3. The molecule has 0 heterocycles. The van der Waals surface area contributed by atoms with Crippen LogP contribution in [-0.4, -0.2) is 58.3 Å². The topological polar surface area (TPSA) is 73.8 Å². The number of rotatable bonds is 12. The molecule has 168 valence electrons. The van der Waals surface area contributed by atoms with Crippen LogP contribution in [0.5, 0.6) is 0 Å².